The largest absolute Gasteiger partial charge is 0.113 e. The quantitative estimate of drug-likeness (QED) is 0.423. The van der Waals surface area contributed by atoms with Crippen molar-refractivity contribution in [1.82, 2.24) is 0 Å². The molecule has 0 aliphatic carbocycles. The maximum atomic E-state index is 5.04. The van der Waals surface area contributed by atoms with Crippen LogP contribution in [0.5, 0.6) is 0 Å². The van der Waals surface area contributed by atoms with E-state index in [1.54, 1.807) is 23.5 Å². The van der Waals surface area contributed by atoms with Crippen LogP contribution in [0, 0.1) is 0 Å². The lowest BCUT2D eigenvalue weighted by molar-refractivity contribution is 1.24. The highest BCUT2D eigenvalue weighted by Gasteiger charge is 2.21. The van der Waals surface area contributed by atoms with Crippen molar-refractivity contribution in [3.63, 3.8) is 0 Å². The van der Waals surface area contributed by atoms with Gasteiger partial charge < -0.3 is 0 Å². The fraction of sp³-hybridized carbons (Fsp3) is 0.429. The van der Waals surface area contributed by atoms with Crippen molar-refractivity contribution in [2.45, 2.75) is 19.1 Å². The first-order valence-electron chi connectivity index (χ1n) is 3.03. The predicted molar refractivity (Wildman–Crippen MR) is 54.5 cm³/mol. The molecule has 1 unspecified atom stereocenters. The minimum Gasteiger partial charge on any atom is -0.113 e. The topological polar surface area (TPSA) is 0 Å². The summed E-state index contributed by atoms with van der Waals surface area (Å²) in [5.74, 6) is 0. The number of hydrogen-bond donors (Lipinski definition) is 0. The van der Waals surface area contributed by atoms with E-state index in [0.717, 1.165) is 3.53 Å². The summed E-state index contributed by atoms with van der Waals surface area (Å²) in [4.78, 5) is 1.26. The van der Waals surface area contributed by atoms with E-state index in [0.29, 0.717) is 5.25 Å². The molecular weight excluding hydrogens is 180 g/mol. The van der Waals surface area contributed by atoms with E-state index in [2.05, 4.69) is 12.7 Å². The van der Waals surface area contributed by atoms with Crippen molar-refractivity contribution >= 4 is 39.3 Å². The maximum Gasteiger partial charge on any atom is 0.109 e. The molecule has 0 N–H and O–H groups in total. The summed E-state index contributed by atoms with van der Waals surface area (Å²) in [6.45, 7) is 4.13. The smallest absolute Gasteiger partial charge is 0.109 e. The van der Waals surface area contributed by atoms with Crippen LogP contribution in [-0.2, 0) is 0 Å². The second-order valence-electron chi connectivity index (χ2n) is 1.91. The van der Waals surface area contributed by atoms with Crippen LogP contribution >= 0.6 is 35.7 Å². The van der Waals surface area contributed by atoms with Gasteiger partial charge in [0.25, 0.3) is 0 Å². The summed E-state index contributed by atoms with van der Waals surface area (Å²) >= 11 is 8.45. The van der Waals surface area contributed by atoms with Gasteiger partial charge in [-0.2, -0.15) is 0 Å². The summed E-state index contributed by atoms with van der Waals surface area (Å²) in [7, 11) is 0. The monoisotopic (exact) mass is 188 g/mol. The highest BCUT2D eigenvalue weighted by Crippen LogP contribution is 2.41. The molecule has 0 amide bonds. The highest BCUT2D eigenvalue weighted by molar-refractivity contribution is 8.51. The second kappa shape index (κ2) is 3.63. The molecule has 1 rings (SSSR count). The molecule has 1 atom stereocenters. The first-order valence-corrected chi connectivity index (χ1v) is 5.14. The van der Waals surface area contributed by atoms with Crippen molar-refractivity contribution in [2.24, 2.45) is 0 Å². The first kappa shape index (κ1) is 8.41. The zero-order valence-electron chi connectivity index (χ0n) is 5.88. The Labute approximate surface area is 75.1 Å². The molecule has 0 aromatic heterocycles. The summed E-state index contributed by atoms with van der Waals surface area (Å²) in [5, 5.41) is 0.522. The number of thiocarbonyl (C=S) groups is 1. The fourth-order valence-electron chi connectivity index (χ4n) is 0.684. The molecule has 0 aromatic rings. The Balaban J connectivity index is 2.82. The van der Waals surface area contributed by atoms with Gasteiger partial charge in [0.2, 0.25) is 0 Å². The van der Waals surface area contributed by atoms with E-state index in [9.17, 15) is 0 Å². The molecule has 0 saturated carbocycles. The lowest BCUT2D eigenvalue weighted by Gasteiger charge is -1.94. The normalized spacial score (nSPS) is 24.8. The van der Waals surface area contributed by atoms with E-state index in [1.807, 2.05) is 13.0 Å². The van der Waals surface area contributed by atoms with Crippen LogP contribution in [0.1, 0.15) is 13.8 Å². The Morgan fingerprint density at radius 1 is 1.70 bits per heavy atom. The van der Waals surface area contributed by atoms with Crippen molar-refractivity contribution in [2.75, 3.05) is 0 Å². The zero-order chi connectivity index (χ0) is 7.56. The predicted octanol–water partition coefficient (Wildman–Crippen LogP) is 3.20. The molecule has 0 nitrogen and oxygen atoms in total. The van der Waals surface area contributed by atoms with Crippen LogP contribution in [0.15, 0.2) is 16.7 Å². The van der Waals surface area contributed by atoms with Gasteiger partial charge in [-0.05, 0) is 19.9 Å². The summed E-state index contributed by atoms with van der Waals surface area (Å²) in [5.41, 5.74) is 3.17. The number of thioether (sulfide) groups is 2. The van der Waals surface area contributed by atoms with Gasteiger partial charge >= 0.3 is 0 Å². The van der Waals surface area contributed by atoms with Gasteiger partial charge in [-0.25, -0.2) is 0 Å². The van der Waals surface area contributed by atoms with Crippen molar-refractivity contribution in [1.29, 1.82) is 0 Å². The molecule has 0 aromatic carbocycles. The third-order valence-electron chi connectivity index (χ3n) is 1.12. The molecule has 54 valence electrons. The molecule has 0 radical (unpaired) electrons. The Kier molecular flexibility index (Phi) is 3.05. The minimum absolute atomic E-state index is 0.522. The van der Waals surface area contributed by atoms with Crippen molar-refractivity contribution in [3.05, 3.63) is 16.7 Å². The minimum atomic E-state index is 0.522. The van der Waals surface area contributed by atoms with Gasteiger partial charge in [-0.3, -0.25) is 0 Å². The van der Waals surface area contributed by atoms with Gasteiger partial charge in [0, 0.05) is 10.2 Å². The molecule has 1 heterocycles. The lowest BCUT2D eigenvalue weighted by atomic mass is 10.4. The molecule has 10 heavy (non-hydrogen) atoms. The van der Waals surface area contributed by atoms with E-state index in [4.69, 9.17) is 12.2 Å². The van der Waals surface area contributed by atoms with Gasteiger partial charge in [0.15, 0.2) is 0 Å². The molecule has 0 spiro atoms. The van der Waals surface area contributed by atoms with E-state index in [1.165, 1.54) is 4.91 Å². The summed E-state index contributed by atoms with van der Waals surface area (Å²) in [6, 6.07) is 0. The van der Waals surface area contributed by atoms with Crippen LogP contribution in [0.25, 0.3) is 0 Å². The first-order chi connectivity index (χ1) is 4.74. The van der Waals surface area contributed by atoms with Gasteiger partial charge in [0.05, 0.1) is 0 Å². The highest BCUT2D eigenvalue weighted by atomic mass is 32.2. The van der Waals surface area contributed by atoms with Gasteiger partial charge in [0.1, 0.15) is 3.53 Å². The molecule has 1 fully saturated rings. The summed E-state index contributed by atoms with van der Waals surface area (Å²) in [6.07, 6.45) is 1.94. The summed E-state index contributed by atoms with van der Waals surface area (Å²) < 4.78 is 1.02. The van der Waals surface area contributed by atoms with Crippen LogP contribution in [0.4, 0.5) is 0 Å². The number of rotatable bonds is 0. The Morgan fingerprint density at radius 2 is 2.40 bits per heavy atom. The molecule has 1 aliphatic heterocycles. The fourth-order valence-corrected chi connectivity index (χ4v) is 3.56. The Hall–Kier alpha value is 0.310. The van der Waals surface area contributed by atoms with Gasteiger partial charge in [-0.15, -0.1) is 5.73 Å². The molecular formula is C7H8S3. The van der Waals surface area contributed by atoms with E-state index < -0.39 is 0 Å². The van der Waals surface area contributed by atoms with Crippen LogP contribution in [0.2, 0.25) is 0 Å². The maximum absolute atomic E-state index is 5.04. The van der Waals surface area contributed by atoms with Crippen molar-refractivity contribution < 1.29 is 0 Å². The standard InChI is InChI=1S/C7H8S3/c1-3-4-6-5(2)9-7(8)10-6/h3,5H,1-2H3. The third-order valence-corrected chi connectivity index (χ3v) is 3.99. The van der Waals surface area contributed by atoms with E-state index in [-0.39, 0.29) is 0 Å². The zero-order valence-corrected chi connectivity index (χ0v) is 8.33. The molecule has 1 aliphatic rings. The average molecular weight is 188 g/mol. The van der Waals surface area contributed by atoms with E-state index >= 15 is 0 Å². The molecule has 3 heteroatoms. The van der Waals surface area contributed by atoms with Crippen LogP contribution < -0.4 is 0 Å². The molecule has 1 saturated heterocycles. The van der Waals surface area contributed by atoms with Crippen LogP contribution in [0.3, 0.4) is 0 Å². The van der Waals surface area contributed by atoms with Crippen LogP contribution in [-0.4, -0.2) is 8.78 Å². The lowest BCUT2D eigenvalue weighted by Crippen LogP contribution is -1.87. The Morgan fingerprint density at radius 3 is 2.80 bits per heavy atom. The molecule has 0 bridgehead atoms. The number of hydrogen-bond acceptors (Lipinski definition) is 3. The SMILES string of the molecule is CC=C=C1SC(=S)SC1C. The second-order valence-corrected chi connectivity index (χ2v) is 5.50. The Bertz CT molecular complexity index is 211. The third kappa shape index (κ3) is 1.89. The van der Waals surface area contributed by atoms with Gasteiger partial charge in [-0.1, -0.05) is 35.7 Å². The van der Waals surface area contributed by atoms with Crippen molar-refractivity contribution in [3.8, 4) is 0 Å². The average Bonchev–Trinajstić information content (AvgIpc) is 2.13.